The Bertz CT molecular complexity index is 1480. The number of carbonyl (C=O) groups is 1. The van der Waals surface area contributed by atoms with E-state index >= 15 is 0 Å². The molecule has 1 N–H and O–H groups in total. The Balaban J connectivity index is 1.60. The molecule has 0 amide bonds. The van der Waals surface area contributed by atoms with E-state index in [1.54, 1.807) is 20.4 Å². The normalized spacial score (nSPS) is 19.1. The molecule has 174 valence electrons. The number of nitrogens with one attached hydrogen (secondary N) is 1. The monoisotopic (exact) mass is 462 g/mol. The first kappa shape index (κ1) is 21.4. The number of benzene rings is 3. The molecule has 0 radical (unpaired) electrons. The molecule has 5 nitrogen and oxygen atoms in total. The summed E-state index contributed by atoms with van der Waals surface area (Å²) in [4.78, 5) is 18.5. The molecule has 0 bridgehead atoms. The van der Waals surface area contributed by atoms with Crippen LogP contribution in [0.1, 0.15) is 41.4 Å². The number of ketones is 1. The van der Waals surface area contributed by atoms with Gasteiger partial charge in [-0.15, -0.1) is 0 Å². The van der Waals surface area contributed by atoms with E-state index in [9.17, 15) is 4.79 Å². The molecule has 0 saturated carbocycles. The van der Waals surface area contributed by atoms with Crippen LogP contribution >= 0.6 is 0 Å². The number of rotatable bonds is 4. The maximum absolute atomic E-state index is 13.9. The highest BCUT2D eigenvalue weighted by Crippen LogP contribution is 2.52. The number of fused-ring (bicyclic) bond motifs is 3. The third-order valence-corrected chi connectivity index (χ3v) is 7.22. The van der Waals surface area contributed by atoms with Gasteiger partial charge in [-0.2, -0.15) is 0 Å². The number of hydrogen-bond acceptors (Lipinski definition) is 5. The van der Waals surface area contributed by atoms with E-state index < -0.39 is 0 Å². The van der Waals surface area contributed by atoms with Gasteiger partial charge < -0.3 is 14.8 Å². The molecular formula is C30H26N2O3. The minimum absolute atomic E-state index is 0.145. The molecular weight excluding hydrogens is 436 g/mol. The average Bonchev–Trinajstić information content (AvgIpc) is 2.91. The molecule has 1 aliphatic carbocycles. The Morgan fingerprint density at radius 2 is 1.77 bits per heavy atom. The largest absolute Gasteiger partial charge is 0.497 e. The lowest BCUT2D eigenvalue weighted by atomic mass is 9.71. The summed E-state index contributed by atoms with van der Waals surface area (Å²) < 4.78 is 11.4. The number of methoxy groups -OCH3 is 2. The summed E-state index contributed by atoms with van der Waals surface area (Å²) in [6, 6.07) is 24.2. The summed E-state index contributed by atoms with van der Waals surface area (Å²) >= 11 is 0. The van der Waals surface area contributed by atoms with Crippen molar-refractivity contribution in [3.8, 4) is 11.5 Å². The molecule has 4 aromatic rings. The van der Waals surface area contributed by atoms with Crippen molar-refractivity contribution in [1.82, 2.24) is 4.98 Å². The van der Waals surface area contributed by atoms with E-state index in [2.05, 4.69) is 34.6 Å². The van der Waals surface area contributed by atoms with E-state index in [0.717, 1.165) is 56.9 Å². The van der Waals surface area contributed by atoms with Crippen LogP contribution in [-0.4, -0.2) is 25.0 Å². The molecule has 2 aliphatic rings. The summed E-state index contributed by atoms with van der Waals surface area (Å²) in [5.74, 6) is 1.48. The number of pyridine rings is 1. The number of anilines is 1. The molecule has 5 heteroatoms. The van der Waals surface area contributed by atoms with Crippen LogP contribution in [0.4, 0.5) is 5.69 Å². The predicted molar refractivity (Wildman–Crippen MR) is 137 cm³/mol. The number of nitrogens with zero attached hydrogens (tertiary/aromatic N) is 1. The van der Waals surface area contributed by atoms with Crippen LogP contribution in [-0.2, 0) is 4.79 Å². The van der Waals surface area contributed by atoms with Crippen molar-refractivity contribution < 1.29 is 14.3 Å². The summed E-state index contributed by atoms with van der Waals surface area (Å²) in [6.07, 6.45) is 3.05. The fourth-order valence-electron chi connectivity index (χ4n) is 5.62. The third kappa shape index (κ3) is 3.55. The Morgan fingerprint density at radius 3 is 2.57 bits per heavy atom. The second-order valence-corrected chi connectivity index (χ2v) is 9.09. The zero-order valence-electron chi connectivity index (χ0n) is 19.7. The number of ether oxygens (including phenoxy) is 2. The lowest BCUT2D eigenvalue weighted by Crippen LogP contribution is -2.30. The standard InChI is InChI=1S/C30H26N2O3/c1-34-20-10-13-27(35-2)22(17-20)29-28-21-9-6-14-31-23(21)11-12-24(28)32-25-15-19(16-26(33)30(25)29)18-7-4-3-5-8-18/h3-14,17,19,29,32H,15-16H2,1-2H3/t19-,29-/m0/s1. The maximum Gasteiger partial charge on any atom is 0.162 e. The van der Waals surface area contributed by atoms with Gasteiger partial charge in [0.25, 0.3) is 0 Å². The van der Waals surface area contributed by atoms with Gasteiger partial charge in [-0.05, 0) is 59.9 Å². The third-order valence-electron chi connectivity index (χ3n) is 7.22. The first-order chi connectivity index (χ1) is 17.2. The lowest BCUT2D eigenvalue weighted by Gasteiger charge is -2.37. The highest BCUT2D eigenvalue weighted by atomic mass is 16.5. The topological polar surface area (TPSA) is 60.5 Å². The Labute approximate surface area is 204 Å². The molecule has 6 rings (SSSR count). The highest BCUT2D eigenvalue weighted by molar-refractivity contribution is 6.04. The van der Waals surface area contributed by atoms with Gasteiger partial charge in [0, 0.05) is 46.4 Å². The maximum atomic E-state index is 13.9. The Morgan fingerprint density at radius 1 is 0.914 bits per heavy atom. The minimum Gasteiger partial charge on any atom is -0.497 e. The van der Waals surface area contributed by atoms with Gasteiger partial charge in [-0.1, -0.05) is 36.4 Å². The fourth-order valence-corrected chi connectivity index (χ4v) is 5.62. The van der Waals surface area contributed by atoms with E-state index in [0.29, 0.717) is 6.42 Å². The smallest absolute Gasteiger partial charge is 0.162 e. The first-order valence-electron chi connectivity index (χ1n) is 11.9. The van der Waals surface area contributed by atoms with Crippen LogP contribution in [0, 0.1) is 0 Å². The molecule has 1 aromatic heterocycles. The van der Waals surface area contributed by atoms with Crippen LogP contribution < -0.4 is 14.8 Å². The van der Waals surface area contributed by atoms with Gasteiger partial charge in [0.2, 0.25) is 0 Å². The number of aromatic nitrogens is 1. The highest BCUT2D eigenvalue weighted by Gasteiger charge is 2.40. The van der Waals surface area contributed by atoms with Gasteiger partial charge in [-0.3, -0.25) is 9.78 Å². The van der Waals surface area contributed by atoms with Crippen molar-refractivity contribution in [2.75, 3.05) is 19.5 Å². The summed E-state index contributed by atoms with van der Waals surface area (Å²) in [5.41, 5.74) is 6.86. The van der Waals surface area contributed by atoms with Gasteiger partial charge in [0.1, 0.15) is 11.5 Å². The van der Waals surface area contributed by atoms with Crippen LogP contribution in [0.5, 0.6) is 11.5 Å². The molecule has 2 atom stereocenters. The molecule has 2 heterocycles. The molecule has 35 heavy (non-hydrogen) atoms. The minimum atomic E-state index is -0.288. The van der Waals surface area contributed by atoms with E-state index in [1.165, 1.54) is 5.56 Å². The Kier molecular flexibility index (Phi) is 5.25. The molecule has 1 aliphatic heterocycles. The molecule has 0 saturated heterocycles. The van der Waals surface area contributed by atoms with Crippen LogP contribution in [0.3, 0.4) is 0 Å². The zero-order chi connectivity index (χ0) is 23.9. The molecule has 0 fully saturated rings. The zero-order valence-corrected chi connectivity index (χ0v) is 19.7. The predicted octanol–water partition coefficient (Wildman–Crippen LogP) is 6.21. The Hall–Kier alpha value is -4.12. The SMILES string of the molecule is COc1ccc(OC)c([C@@H]2C3=C(C[C@H](c4ccccc4)CC3=O)Nc3ccc4ncccc4c32)c1. The van der Waals surface area contributed by atoms with Crippen molar-refractivity contribution in [2.24, 2.45) is 0 Å². The van der Waals surface area contributed by atoms with E-state index in [1.807, 2.05) is 48.5 Å². The van der Waals surface area contributed by atoms with Crippen molar-refractivity contribution in [2.45, 2.75) is 24.7 Å². The number of hydrogen-bond donors (Lipinski definition) is 1. The van der Waals surface area contributed by atoms with Gasteiger partial charge in [0.15, 0.2) is 5.78 Å². The van der Waals surface area contributed by atoms with E-state index in [-0.39, 0.29) is 17.6 Å². The quantitative estimate of drug-likeness (QED) is 0.391. The van der Waals surface area contributed by atoms with Gasteiger partial charge in [-0.25, -0.2) is 0 Å². The van der Waals surface area contributed by atoms with E-state index in [4.69, 9.17) is 9.47 Å². The molecule has 3 aromatic carbocycles. The first-order valence-corrected chi connectivity index (χ1v) is 11.9. The molecule has 0 unspecified atom stereocenters. The summed E-state index contributed by atoms with van der Waals surface area (Å²) in [6.45, 7) is 0. The summed E-state index contributed by atoms with van der Waals surface area (Å²) in [7, 11) is 3.32. The number of allylic oxidation sites excluding steroid dienone is 2. The number of Topliss-reactive ketones (excluding diaryl/α,β-unsaturated/α-hetero) is 1. The lowest BCUT2D eigenvalue weighted by molar-refractivity contribution is -0.116. The number of carbonyl (C=O) groups excluding carboxylic acids is 1. The van der Waals surface area contributed by atoms with Crippen LogP contribution in [0.15, 0.2) is 90.3 Å². The van der Waals surface area contributed by atoms with Crippen LogP contribution in [0.2, 0.25) is 0 Å². The van der Waals surface area contributed by atoms with Crippen molar-refractivity contribution in [1.29, 1.82) is 0 Å². The van der Waals surface area contributed by atoms with Crippen LogP contribution in [0.25, 0.3) is 10.9 Å². The second-order valence-electron chi connectivity index (χ2n) is 9.09. The average molecular weight is 463 g/mol. The summed E-state index contributed by atoms with van der Waals surface area (Å²) in [5, 5.41) is 4.67. The van der Waals surface area contributed by atoms with Gasteiger partial charge in [0.05, 0.1) is 19.7 Å². The molecule has 0 spiro atoms. The van der Waals surface area contributed by atoms with Crippen molar-refractivity contribution in [3.05, 3.63) is 107 Å². The second kappa shape index (κ2) is 8.58. The van der Waals surface area contributed by atoms with Crippen molar-refractivity contribution >= 4 is 22.4 Å². The van der Waals surface area contributed by atoms with Crippen molar-refractivity contribution in [3.63, 3.8) is 0 Å². The van der Waals surface area contributed by atoms with Gasteiger partial charge >= 0.3 is 0 Å². The fraction of sp³-hybridized carbons (Fsp3) is 0.200.